The minimum atomic E-state index is -5.08. The summed E-state index contributed by atoms with van der Waals surface area (Å²) in [5.41, 5.74) is 1.35. The van der Waals surface area contributed by atoms with Gasteiger partial charge >= 0.3 is 18.1 Å². The van der Waals surface area contributed by atoms with Crippen molar-refractivity contribution in [3.05, 3.63) is 35.0 Å². The highest BCUT2D eigenvalue weighted by molar-refractivity contribution is 6.14. The Morgan fingerprint density at radius 2 is 2.08 bits per heavy atom. The maximum absolute atomic E-state index is 12.7. The fourth-order valence-corrected chi connectivity index (χ4v) is 3.13. The molecule has 1 aliphatic carbocycles. The molecule has 1 heterocycles. The van der Waals surface area contributed by atoms with E-state index >= 15 is 0 Å². The quantitative estimate of drug-likeness (QED) is 0.815. The van der Waals surface area contributed by atoms with Crippen LogP contribution in [0.4, 0.5) is 13.2 Å². The number of Topliss-reactive ketones (excluding diaryl/α,β-unsaturated/α-hetero) is 1. The Kier molecular flexibility index (Phi) is 4.47. The number of ketones is 1. The summed E-state index contributed by atoms with van der Waals surface area (Å²) in [6, 6.07) is 3.36. The van der Waals surface area contributed by atoms with Crippen molar-refractivity contribution in [2.24, 2.45) is 0 Å². The average Bonchev–Trinajstić information content (AvgIpc) is 2.89. The van der Waals surface area contributed by atoms with Crippen molar-refractivity contribution < 1.29 is 32.3 Å². The second kappa shape index (κ2) is 6.47. The predicted molar refractivity (Wildman–Crippen MR) is 84.9 cm³/mol. The van der Waals surface area contributed by atoms with Crippen molar-refractivity contribution in [2.45, 2.75) is 32.0 Å². The van der Waals surface area contributed by atoms with Crippen LogP contribution >= 0.6 is 0 Å². The van der Waals surface area contributed by atoms with Crippen LogP contribution in [0.2, 0.25) is 0 Å². The van der Waals surface area contributed by atoms with Crippen LogP contribution in [0.15, 0.2) is 18.2 Å². The summed E-state index contributed by atoms with van der Waals surface area (Å²) < 4.78 is 42.6. The number of benzene rings is 1. The van der Waals surface area contributed by atoms with Gasteiger partial charge in [0.2, 0.25) is 0 Å². The van der Waals surface area contributed by atoms with Gasteiger partial charge in [-0.2, -0.15) is 13.2 Å². The van der Waals surface area contributed by atoms with Crippen LogP contribution in [0.25, 0.3) is 10.9 Å². The second-order valence-corrected chi connectivity index (χ2v) is 5.85. The minimum Gasteiger partial charge on any atom is -0.461 e. The van der Waals surface area contributed by atoms with Gasteiger partial charge in [-0.25, -0.2) is 4.79 Å². The third kappa shape index (κ3) is 3.04. The van der Waals surface area contributed by atoms with Crippen molar-refractivity contribution in [3.8, 4) is 0 Å². The molecule has 2 aromatic rings. The number of aryl methyl sites for hydroxylation is 1. The van der Waals surface area contributed by atoms with Crippen molar-refractivity contribution in [1.82, 2.24) is 10.3 Å². The molecular weight excluding hydrogens is 353 g/mol. The van der Waals surface area contributed by atoms with Crippen molar-refractivity contribution in [1.29, 1.82) is 0 Å². The number of carbonyl (C=O) groups excluding carboxylic acids is 3. The summed E-state index contributed by atoms with van der Waals surface area (Å²) >= 11 is 0. The SMILES string of the molecule is CCOC(=O)c1[nH]c2cccc3c2c1CCC(NC(=O)C(F)(F)F)C3=O. The molecule has 0 saturated carbocycles. The Morgan fingerprint density at radius 3 is 2.73 bits per heavy atom. The predicted octanol–water partition coefficient (Wildman–Crippen LogP) is 2.52. The van der Waals surface area contributed by atoms with Gasteiger partial charge in [-0.3, -0.25) is 9.59 Å². The average molecular weight is 368 g/mol. The topological polar surface area (TPSA) is 88.3 Å². The highest BCUT2D eigenvalue weighted by atomic mass is 19.4. The molecule has 1 aliphatic rings. The first-order chi connectivity index (χ1) is 12.2. The van der Waals surface area contributed by atoms with Gasteiger partial charge in [0.25, 0.3) is 0 Å². The maximum atomic E-state index is 12.7. The monoisotopic (exact) mass is 368 g/mol. The highest BCUT2D eigenvalue weighted by Gasteiger charge is 2.41. The zero-order chi connectivity index (χ0) is 19.1. The zero-order valence-electron chi connectivity index (χ0n) is 13.7. The van der Waals surface area contributed by atoms with E-state index in [0.717, 1.165) is 0 Å². The number of hydrogen-bond donors (Lipinski definition) is 2. The normalized spacial score (nSPS) is 17.1. The summed E-state index contributed by atoms with van der Waals surface area (Å²) in [5, 5.41) is 2.23. The highest BCUT2D eigenvalue weighted by Crippen LogP contribution is 2.32. The third-order valence-electron chi connectivity index (χ3n) is 4.23. The smallest absolute Gasteiger partial charge is 0.461 e. The molecule has 1 atom stereocenters. The largest absolute Gasteiger partial charge is 0.471 e. The fourth-order valence-electron chi connectivity index (χ4n) is 3.13. The van der Waals surface area contributed by atoms with Crippen LogP contribution in [0, 0.1) is 0 Å². The van der Waals surface area contributed by atoms with Gasteiger partial charge < -0.3 is 15.0 Å². The first kappa shape index (κ1) is 18.0. The number of halogens is 3. The van der Waals surface area contributed by atoms with Crippen molar-refractivity contribution in [3.63, 3.8) is 0 Å². The van der Waals surface area contributed by atoms with Gasteiger partial charge in [0.1, 0.15) is 5.69 Å². The Hall–Kier alpha value is -2.84. The van der Waals surface area contributed by atoms with Gasteiger partial charge in [0, 0.05) is 16.5 Å². The lowest BCUT2D eigenvalue weighted by Crippen LogP contribution is -2.46. The van der Waals surface area contributed by atoms with Crippen LogP contribution < -0.4 is 5.32 Å². The number of hydrogen-bond acceptors (Lipinski definition) is 4. The summed E-state index contributed by atoms with van der Waals surface area (Å²) in [4.78, 5) is 39.0. The van der Waals surface area contributed by atoms with Gasteiger partial charge in [-0.1, -0.05) is 12.1 Å². The number of ether oxygens (including phenoxy) is 1. The van der Waals surface area contributed by atoms with E-state index in [0.29, 0.717) is 16.5 Å². The molecule has 1 aromatic heterocycles. The van der Waals surface area contributed by atoms with Crippen LogP contribution in [0.1, 0.15) is 39.8 Å². The van der Waals surface area contributed by atoms with E-state index < -0.39 is 29.9 Å². The molecule has 1 unspecified atom stereocenters. The van der Waals surface area contributed by atoms with Gasteiger partial charge in [0.15, 0.2) is 5.78 Å². The molecule has 0 radical (unpaired) electrons. The van der Waals surface area contributed by atoms with Crippen molar-refractivity contribution >= 4 is 28.6 Å². The number of amides is 1. The lowest BCUT2D eigenvalue weighted by atomic mass is 10.0. The molecular formula is C17H15F3N2O4. The molecule has 138 valence electrons. The number of aromatic amines is 1. The molecule has 1 aromatic carbocycles. The Balaban J connectivity index is 2.03. The summed E-state index contributed by atoms with van der Waals surface area (Å²) in [6.45, 7) is 1.81. The molecule has 9 heteroatoms. The number of carbonyl (C=O) groups is 3. The molecule has 2 N–H and O–H groups in total. The Labute approximate surface area is 145 Å². The number of esters is 1. The number of nitrogens with one attached hydrogen (secondary N) is 2. The van der Waals surface area contributed by atoms with Crippen LogP contribution in [0.3, 0.4) is 0 Å². The van der Waals surface area contributed by atoms with Gasteiger partial charge in [-0.05, 0) is 31.4 Å². The number of rotatable bonds is 3. The zero-order valence-corrected chi connectivity index (χ0v) is 13.7. The van der Waals surface area contributed by atoms with E-state index in [1.165, 1.54) is 6.07 Å². The number of alkyl halides is 3. The molecule has 0 saturated heterocycles. The standard InChI is InChI=1S/C17H15F3N2O4/c1-2-26-15(24)13-8-6-7-11(22-16(25)17(18,19)20)14(23)9-4-3-5-10(21-13)12(8)9/h3-5,11,21H,2,6-7H2,1H3,(H,22,25). The molecule has 0 fully saturated rings. The summed E-state index contributed by atoms with van der Waals surface area (Å²) in [7, 11) is 0. The van der Waals surface area contributed by atoms with Crippen LogP contribution in [-0.2, 0) is 16.0 Å². The number of aromatic nitrogens is 1. The Bertz CT molecular complexity index is 901. The van der Waals surface area contributed by atoms with E-state index in [9.17, 15) is 27.6 Å². The summed E-state index contributed by atoms with van der Waals surface area (Å²) in [6.07, 6.45) is -5.00. The van der Waals surface area contributed by atoms with Crippen LogP contribution in [-0.4, -0.2) is 41.5 Å². The number of H-pyrrole nitrogens is 1. The van der Waals surface area contributed by atoms with E-state index in [1.54, 1.807) is 24.4 Å². The third-order valence-corrected chi connectivity index (χ3v) is 4.23. The second-order valence-electron chi connectivity index (χ2n) is 5.85. The first-order valence-corrected chi connectivity index (χ1v) is 7.96. The maximum Gasteiger partial charge on any atom is 0.471 e. The lowest BCUT2D eigenvalue weighted by molar-refractivity contribution is -0.174. The van der Waals surface area contributed by atoms with E-state index in [1.807, 2.05) is 0 Å². The van der Waals surface area contributed by atoms with E-state index in [4.69, 9.17) is 4.74 Å². The summed E-state index contributed by atoms with van der Waals surface area (Å²) in [5.74, 6) is -3.39. The molecule has 6 nitrogen and oxygen atoms in total. The van der Waals surface area contributed by atoms with E-state index in [-0.39, 0.29) is 30.7 Å². The molecule has 0 spiro atoms. The van der Waals surface area contributed by atoms with Gasteiger partial charge in [0.05, 0.1) is 12.6 Å². The van der Waals surface area contributed by atoms with Gasteiger partial charge in [-0.15, -0.1) is 0 Å². The Morgan fingerprint density at radius 1 is 1.35 bits per heavy atom. The molecule has 1 amide bonds. The van der Waals surface area contributed by atoms with Crippen LogP contribution in [0.5, 0.6) is 0 Å². The lowest BCUT2D eigenvalue weighted by Gasteiger charge is -2.17. The minimum absolute atomic E-state index is 0.0608. The van der Waals surface area contributed by atoms with Crippen molar-refractivity contribution in [2.75, 3.05) is 6.61 Å². The molecule has 0 aliphatic heterocycles. The first-order valence-electron chi connectivity index (χ1n) is 7.96. The van der Waals surface area contributed by atoms with E-state index in [2.05, 4.69) is 4.98 Å². The molecule has 26 heavy (non-hydrogen) atoms. The molecule has 3 rings (SSSR count). The molecule has 0 bridgehead atoms. The fraction of sp³-hybridized carbons (Fsp3) is 0.353.